The van der Waals surface area contributed by atoms with Crippen LogP contribution < -0.4 is 5.32 Å². The molecule has 1 aliphatic heterocycles. The fourth-order valence-electron chi connectivity index (χ4n) is 2.75. The monoisotopic (exact) mass is 247 g/mol. The fourth-order valence-corrected chi connectivity index (χ4v) is 2.75. The van der Waals surface area contributed by atoms with Crippen LogP contribution in [0.25, 0.3) is 0 Å². The molecule has 0 aromatic heterocycles. The van der Waals surface area contributed by atoms with Gasteiger partial charge in [0.15, 0.2) is 0 Å². The van der Waals surface area contributed by atoms with E-state index < -0.39 is 0 Å². The summed E-state index contributed by atoms with van der Waals surface area (Å²) in [6.45, 7) is 4.00. The molecule has 98 valence electrons. The van der Waals surface area contributed by atoms with E-state index in [0.29, 0.717) is 5.92 Å². The lowest BCUT2D eigenvalue weighted by Crippen LogP contribution is -2.36. The van der Waals surface area contributed by atoms with Gasteiger partial charge >= 0.3 is 5.97 Å². The Bertz CT molecular complexity index is 411. The minimum atomic E-state index is -0.136. The summed E-state index contributed by atoms with van der Waals surface area (Å²) in [4.78, 5) is 12.1. The molecule has 0 bridgehead atoms. The number of aryl methyl sites for hydroxylation is 1. The predicted molar refractivity (Wildman–Crippen MR) is 71.5 cm³/mol. The SMILES string of the molecule is COC(=O)C(c1cccc(C)c1)C1CCCNC1. The summed E-state index contributed by atoms with van der Waals surface area (Å²) in [5.74, 6) is 0.0880. The average molecular weight is 247 g/mol. The van der Waals surface area contributed by atoms with Crippen LogP contribution in [-0.2, 0) is 9.53 Å². The molecule has 1 heterocycles. The maximum absolute atomic E-state index is 12.1. The van der Waals surface area contributed by atoms with Gasteiger partial charge in [-0.2, -0.15) is 0 Å². The zero-order chi connectivity index (χ0) is 13.0. The van der Waals surface area contributed by atoms with Crippen LogP contribution in [0.1, 0.15) is 29.9 Å². The summed E-state index contributed by atoms with van der Waals surface area (Å²) in [5, 5.41) is 3.37. The van der Waals surface area contributed by atoms with E-state index in [1.165, 1.54) is 12.7 Å². The van der Waals surface area contributed by atoms with E-state index in [1.807, 2.05) is 12.1 Å². The second-order valence-electron chi connectivity index (χ2n) is 5.02. The first-order chi connectivity index (χ1) is 8.72. The molecule has 1 fully saturated rings. The Labute approximate surface area is 109 Å². The van der Waals surface area contributed by atoms with E-state index in [2.05, 4.69) is 24.4 Å². The van der Waals surface area contributed by atoms with Crippen molar-refractivity contribution in [1.29, 1.82) is 0 Å². The third kappa shape index (κ3) is 2.91. The zero-order valence-electron chi connectivity index (χ0n) is 11.1. The molecule has 0 saturated carbocycles. The van der Waals surface area contributed by atoms with Gasteiger partial charge in [-0.3, -0.25) is 4.79 Å². The molecule has 2 rings (SSSR count). The Balaban J connectivity index is 2.26. The molecular weight excluding hydrogens is 226 g/mol. The lowest BCUT2D eigenvalue weighted by molar-refractivity contribution is -0.144. The molecule has 2 unspecified atom stereocenters. The highest BCUT2D eigenvalue weighted by Gasteiger charge is 2.31. The molecule has 1 aromatic carbocycles. The lowest BCUT2D eigenvalue weighted by atomic mass is 9.81. The first-order valence-electron chi connectivity index (χ1n) is 6.57. The van der Waals surface area contributed by atoms with Crippen molar-refractivity contribution in [1.82, 2.24) is 5.32 Å². The quantitative estimate of drug-likeness (QED) is 0.833. The average Bonchev–Trinajstić information content (AvgIpc) is 2.40. The van der Waals surface area contributed by atoms with Crippen molar-refractivity contribution >= 4 is 5.97 Å². The van der Waals surface area contributed by atoms with Gasteiger partial charge in [0, 0.05) is 0 Å². The number of hydrogen-bond acceptors (Lipinski definition) is 3. The molecule has 3 heteroatoms. The van der Waals surface area contributed by atoms with E-state index in [4.69, 9.17) is 4.74 Å². The van der Waals surface area contributed by atoms with Gasteiger partial charge in [0.25, 0.3) is 0 Å². The number of nitrogens with one attached hydrogen (secondary N) is 1. The predicted octanol–water partition coefficient (Wildman–Crippen LogP) is 2.25. The van der Waals surface area contributed by atoms with Gasteiger partial charge in [-0.25, -0.2) is 0 Å². The summed E-state index contributed by atoms with van der Waals surface area (Å²) in [7, 11) is 1.47. The number of ether oxygens (including phenoxy) is 1. The van der Waals surface area contributed by atoms with Crippen molar-refractivity contribution in [3.63, 3.8) is 0 Å². The topological polar surface area (TPSA) is 38.3 Å². The van der Waals surface area contributed by atoms with E-state index >= 15 is 0 Å². The molecule has 0 aliphatic carbocycles. The van der Waals surface area contributed by atoms with Gasteiger partial charge in [-0.1, -0.05) is 29.8 Å². The van der Waals surface area contributed by atoms with Crippen LogP contribution in [0.15, 0.2) is 24.3 Å². The Morgan fingerprint density at radius 1 is 1.50 bits per heavy atom. The van der Waals surface area contributed by atoms with Crippen LogP contribution >= 0.6 is 0 Å². The number of methoxy groups -OCH3 is 1. The number of rotatable bonds is 3. The Morgan fingerprint density at radius 2 is 2.33 bits per heavy atom. The number of carbonyl (C=O) groups excluding carboxylic acids is 1. The molecule has 3 nitrogen and oxygen atoms in total. The second-order valence-corrected chi connectivity index (χ2v) is 5.02. The molecule has 1 aromatic rings. The standard InChI is InChI=1S/C15H21NO2/c1-11-5-3-6-12(9-11)14(15(17)18-2)13-7-4-8-16-10-13/h3,5-6,9,13-14,16H,4,7-8,10H2,1-2H3. The van der Waals surface area contributed by atoms with E-state index in [9.17, 15) is 4.79 Å². The Morgan fingerprint density at radius 3 is 2.94 bits per heavy atom. The summed E-state index contributed by atoms with van der Waals surface area (Å²) in [6.07, 6.45) is 2.21. The van der Waals surface area contributed by atoms with Crippen molar-refractivity contribution in [2.24, 2.45) is 5.92 Å². The highest BCUT2D eigenvalue weighted by molar-refractivity contribution is 5.78. The highest BCUT2D eigenvalue weighted by Crippen LogP contribution is 2.31. The number of benzene rings is 1. The molecule has 0 spiro atoms. The minimum absolute atomic E-state index is 0.116. The van der Waals surface area contributed by atoms with Crippen LogP contribution in [0.4, 0.5) is 0 Å². The van der Waals surface area contributed by atoms with Gasteiger partial charge in [0.05, 0.1) is 13.0 Å². The van der Waals surface area contributed by atoms with Crippen LogP contribution in [0, 0.1) is 12.8 Å². The van der Waals surface area contributed by atoms with Crippen molar-refractivity contribution in [3.8, 4) is 0 Å². The smallest absolute Gasteiger partial charge is 0.313 e. The Kier molecular flexibility index (Phi) is 4.37. The molecule has 1 N–H and O–H groups in total. The normalized spacial score (nSPS) is 21.3. The third-order valence-corrected chi connectivity index (χ3v) is 3.66. The van der Waals surface area contributed by atoms with Crippen LogP contribution in [0.3, 0.4) is 0 Å². The number of esters is 1. The van der Waals surface area contributed by atoms with Crippen molar-refractivity contribution in [2.75, 3.05) is 20.2 Å². The minimum Gasteiger partial charge on any atom is -0.469 e. The lowest BCUT2D eigenvalue weighted by Gasteiger charge is -2.29. The van der Waals surface area contributed by atoms with E-state index in [-0.39, 0.29) is 11.9 Å². The van der Waals surface area contributed by atoms with Gasteiger partial charge in [0.1, 0.15) is 0 Å². The summed E-state index contributed by atoms with van der Waals surface area (Å²) in [5.41, 5.74) is 2.26. The Hall–Kier alpha value is -1.35. The van der Waals surface area contributed by atoms with Crippen LogP contribution in [0.5, 0.6) is 0 Å². The molecule has 2 atom stereocenters. The summed E-state index contributed by atoms with van der Waals surface area (Å²) >= 11 is 0. The number of piperidine rings is 1. The molecule has 0 radical (unpaired) electrons. The molecule has 0 amide bonds. The first kappa shape index (κ1) is 13.1. The van der Waals surface area contributed by atoms with Gasteiger partial charge < -0.3 is 10.1 Å². The molecule has 1 saturated heterocycles. The van der Waals surface area contributed by atoms with E-state index in [1.54, 1.807) is 0 Å². The largest absolute Gasteiger partial charge is 0.469 e. The second kappa shape index (κ2) is 6.01. The van der Waals surface area contributed by atoms with Crippen molar-refractivity contribution < 1.29 is 9.53 Å². The number of hydrogen-bond donors (Lipinski definition) is 1. The molecule has 18 heavy (non-hydrogen) atoms. The highest BCUT2D eigenvalue weighted by atomic mass is 16.5. The molecular formula is C15H21NO2. The van der Waals surface area contributed by atoms with E-state index in [0.717, 1.165) is 31.5 Å². The molecule has 1 aliphatic rings. The van der Waals surface area contributed by atoms with Gasteiger partial charge in [-0.05, 0) is 44.3 Å². The van der Waals surface area contributed by atoms with Gasteiger partial charge in [-0.15, -0.1) is 0 Å². The zero-order valence-corrected chi connectivity index (χ0v) is 11.1. The fraction of sp³-hybridized carbons (Fsp3) is 0.533. The maximum Gasteiger partial charge on any atom is 0.313 e. The number of carbonyl (C=O) groups is 1. The maximum atomic E-state index is 12.1. The van der Waals surface area contributed by atoms with Gasteiger partial charge in [0.2, 0.25) is 0 Å². The summed E-state index contributed by atoms with van der Waals surface area (Å²) < 4.78 is 4.99. The van der Waals surface area contributed by atoms with Crippen LogP contribution in [0.2, 0.25) is 0 Å². The third-order valence-electron chi connectivity index (χ3n) is 3.66. The van der Waals surface area contributed by atoms with Crippen molar-refractivity contribution in [2.45, 2.75) is 25.7 Å². The van der Waals surface area contributed by atoms with Crippen LogP contribution in [-0.4, -0.2) is 26.2 Å². The van der Waals surface area contributed by atoms with Crippen molar-refractivity contribution in [3.05, 3.63) is 35.4 Å². The summed E-state index contributed by atoms with van der Waals surface area (Å²) in [6, 6.07) is 8.19. The first-order valence-corrected chi connectivity index (χ1v) is 6.57.